The van der Waals surface area contributed by atoms with Gasteiger partial charge in [-0.2, -0.15) is 0 Å². The highest BCUT2D eigenvalue weighted by molar-refractivity contribution is 6.29. The number of nitrogens with zero attached hydrogens (tertiary/aromatic N) is 2. The molecule has 0 aliphatic carbocycles. The molecule has 110 valence electrons. The van der Waals surface area contributed by atoms with Gasteiger partial charge in [0, 0.05) is 11.6 Å². The number of nitrogens with one attached hydrogen (secondary N) is 1. The SMILES string of the molecule is CC(Cc1c(F)cccc1F)NC(=O)c1cnc(Cl)cn1. The molecule has 2 aromatic rings. The van der Waals surface area contributed by atoms with E-state index < -0.39 is 23.6 Å². The highest BCUT2D eigenvalue weighted by atomic mass is 35.5. The van der Waals surface area contributed by atoms with Crippen LogP contribution < -0.4 is 5.32 Å². The van der Waals surface area contributed by atoms with Crippen LogP contribution in [0.25, 0.3) is 0 Å². The average Bonchev–Trinajstić information content (AvgIpc) is 2.43. The second-order valence-electron chi connectivity index (χ2n) is 4.50. The molecule has 0 saturated carbocycles. The highest BCUT2D eigenvalue weighted by Crippen LogP contribution is 2.14. The van der Waals surface area contributed by atoms with Gasteiger partial charge in [-0.1, -0.05) is 17.7 Å². The fraction of sp³-hybridized carbons (Fsp3) is 0.214. The molecule has 0 fully saturated rings. The zero-order valence-electron chi connectivity index (χ0n) is 11.1. The van der Waals surface area contributed by atoms with Crippen molar-refractivity contribution in [1.29, 1.82) is 0 Å². The van der Waals surface area contributed by atoms with Gasteiger partial charge in [0.05, 0.1) is 12.4 Å². The van der Waals surface area contributed by atoms with E-state index >= 15 is 0 Å². The molecule has 1 N–H and O–H groups in total. The first-order valence-electron chi connectivity index (χ1n) is 6.18. The number of hydrogen-bond acceptors (Lipinski definition) is 3. The van der Waals surface area contributed by atoms with Crippen molar-refractivity contribution in [2.45, 2.75) is 19.4 Å². The molecular weight excluding hydrogens is 300 g/mol. The summed E-state index contributed by atoms with van der Waals surface area (Å²) in [6.45, 7) is 1.65. The molecule has 0 aliphatic heterocycles. The van der Waals surface area contributed by atoms with Crippen molar-refractivity contribution >= 4 is 17.5 Å². The fourth-order valence-electron chi connectivity index (χ4n) is 1.81. The predicted molar refractivity (Wildman–Crippen MR) is 74.0 cm³/mol. The lowest BCUT2D eigenvalue weighted by molar-refractivity contribution is 0.0934. The van der Waals surface area contributed by atoms with Crippen LogP contribution in [0.4, 0.5) is 8.78 Å². The molecule has 1 unspecified atom stereocenters. The zero-order valence-corrected chi connectivity index (χ0v) is 11.9. The minimum Gasteiger partial charge on any atom is -0.348 e. The summed E-state index contributed by atoms with van der Waals surface area (Å²) in [5.74, 6) is -1.76. The van der Waals surface area contributed by atoms with E-state index in [9.17, 15) is 13.6 Å². The molecule has 1 aromatic heterocycles. The van der Waals surface area contributed by atoms with Crippen LogP contribution in [0.2, 0.25) is 5.15 Å². The molecule has 1 atom stereocenters. The number of aromatic nitrogens is 2. The van der Waals surface area contributed by atoms with Crippen LogP contribution in [0.3, 0.4) is 0 Å². The summed E-state index contributed by atoms with van der Waals surface area (Å²) in [5.41, 5.74) is 0.0211. The first-order valence-corrected chi connectivity index (χ1v) is 6.56. The Morgan fingerprint density at radius 3 is 2.52 bits per heavy atom. The molecule has 4 nitrogen and oxygen atoms in total. The molecule has 0 aliphatic rings. The first-order chi connectivity index (χ1) is 9.97. The van der Waals surface area contributed by atoms with Crippen molar-refractivity contribution < 1.29 is 13.6 Å². The predicted octanol–water partition coefficient (Wildman–Crippen LogP) is 2.77. The molecule has 1 aromatic carbocycles. The minimum absolute atomic E-state index is 0.0330. The first kappa shape index (κ1) is 15.3. The Hall–Kier alpha value is -2.08. The van der Waals surface area contributed by atoms with Crippen molar-refractivity contribution in [3.63, 3.8) is 0 Å². The quantitative estimate of drug-likeness (QED) is 0.944. The standard InChI is InChI=1S/C14H12ClF2N3O/c1-8(5-9-10(16)3-2-4-11(9)17)20-14(21)12-6-19-13(15)7-18-12/h2-4,6-8H,5H2,1H3,(H,20,21). The molecule has 1 heterocycles. The summed E-state index contributed by atoms with van der Waals surface area (Å²) >= 11 is 5.58. The van der Waals surface area contributed by atoms with Gasteiger partial charge in [-0.3, -0.25) is 4.79 Å². The van der Waals surface area contributed by atoms with E-state index in [0.717, 1.165) is 0 Å². The molecule has 0 spiro atoms. The van der Waals surface area contributed by atoms with Gasteiger partial charge in [0.2, 0.25) is 0 Å². The number of amides is 1. The Kier molecular flexibility index (Phi) is 4.80. The number of halogens is 3. The van der Waals surface area contributed by atoms with Gasteiger partial charge in [-0.25, -0.2) is 18.7 Å². The summed E-state index contributed by atoms with van der Waals surface area (Å²) in [6, 6.07) is 3.18. The van der Waals surface area contributed by atoms with Crippen molar-refractivity contribution in [3.8, 4) is 0 Å². The molecular formula is C14H12ClF2N3O. The van der Waals surface area contributed by atoms with Crippen LogP contribution in [0.15, 0.2) is 30.6 Å². The van der Waals surface area contributed by atoms with Crippen LogP contribution in [-0.2, 0) is 6.42 Å². The minimum atomic E-state index is -0.637. The Morgan fingerprint density at radius 1 is 1.29 bits per heavy atom. The third-order valence-electron chi connectivity index (χ3n) is 2.80. The highest BCUT2D eigenvalue weighted by Gasteiger charge is 2.16. The second kappa shape index (κ2) is 6.58. The van der Waals surface area contributed by atoms with Gasteiger partial charge in [0.15, 0.2) is 0 Å². The third kappa shape index (κ3) is 3.95. The van der Waals surface area contributed by atoms with Crippen molar-refractivity contribution in [2.24, 2.45) is 0 Å². The largest absolute Gasteiger partial charge is 0.348 e. The van der Waals surface area contributed by atoms with Crippen molar-refractivity contribution in [1.82, 2.24) is 15.3 Å². The molecule has 7 heteroatoms. The monoisotopic (exact) mass is 311 g/mol. The van der Waals surface area contributed by atoms with E-state index in [0.29, 0.717) is 0 Å². The van der Waals surface area contributed by atoms with Gasteiger partial charge < -0.3 is 5.32 Å². The van der Waals surface area contributed by atoms with Gasteiger partial charge in [0.25, 0.3) is 5.91 Å². The Bertz CT molecular complexity index is 629. The molecule has 21 heavy (non-hydrogen) atoms. The lowest BCUT2D eigenvalue weighted by atomic mass is 10.1. The van der Waals surface area contributed by atoms with E-state index in [-0.39, 0.29) is 22.8 Å². The van der Waals surface area contributed by atoms with E-state index in [4.69, 9.17) is 11.6 Å². The Labute approximate surface area is 125 Å². The number of hydrogen-bond donors (Lipinski definition) is 1. The van der Waals surface area contributed by atoms with Gasteiger partial charge >= 0.3 is 0 Å². The number of carbonyl (C=O) groups is 1. The number of rotatable bonds is 4. The van der Waals surface area contributed by atoms with Crippen LogP contribution >= 0.6 is 11.6 Å². The van der Waals surface area contributed by atoms with E-state index in [1.54, 1.807) is 6.92 Å². The van der Waals surface area contributed by atoms with Crippen LogP contribution in [0, 0.1) is 11.6 Å². The molecule has 1 amide bonds. The summed E-state index contributed by atoms with van der Waals surface area (Å²) < 4.78 is 27.1. The molecule has 0 saturated heterocycles. The maximum absolute atomic E-state index is 13.5. The number of benzene rings is 1. The summed E-state index contributed by atoms with van der Waals surface area (Å²) in [5, 5.41) is 2.77. The van der Waals surface area contributed by atoms with E-state index in [1.165, 1.54) is 30.6 Å². The molecule has 0 radical (unpaired) electrons. The van der Waals surface area contributed by atoms with E-state index in [1.807, 2.05) is 0 Å². The summed E-state index contributed by atoms with van der Waals surface area (Å²) in [6.07, 6.45) is 2.51. The Balaban J connectivity index is 2.03. The van der Waals surface area contributed by atoms with Gasteiger partial charge in [0.1, 0.15) is 22.5 Å². The zero-order chi connectivity index (χ0) is 15.4. The second-order valence-corrected chi connectivity index (χ2v) is 4.89. The van der Waals surface area contributed by atoms with Gasteiger partial charge in [-0.15, -0.1) is 0 Å². The molecule has 0 bridgehead atoms. The number of carbonyl (C=O) groups excluding carboxylic acids is 1. The lowest BCUT2D eigenvalue weighted by Gasteiger charge is -2.14. The summed E-state index contributed by atoms with van der Waals surface area (Å²) in [4.78, 5) is 19.4. The summed E-state index contributed by atoms with van der Waals surface area (Å²) in [7, 11) is 0. The van der Waals surface area contributed by atoms with Gasteiger partial charge in [-0.05, 0) is 25.5 Å². The topological polar surface area (TPSA) is 54.9 Å². The van der Waals surface area contributed by atoms with Crippen LogP contribution in [-0.4, -0.2) is 21.9 Å². The lowest BCUT2D eigenvalue weighted by Crippen LogP contribution is -2.35. The van der Waals surface area contributed by atoms with Crippen molar-refractivity contribution in [3.05, 3.63) is 58.6 Å². The van der Waals surface area contributed by atoms with Crippen LogP contribution in [0.1, 0.15) is 23.0 Å². The maximum Gasteiger partial charge on any atom is 0.271 e. The maximum atomic E-state index is 13.5. The third-order valence-corrected chi connectivity index (χ3v) is 3.00. The van der Waals surface area contributed by atoms with E-state index in [2.05, 4.69) is 15.3 Å². The fourth-order valence-corrected chi connectivity index (χ4v) is 1.91. The smallest absolute Gasteiger partial charge is 0.271 e. The Morgan fingerprint density at radius 2 is 1.95 bits per heavy atom. The normalized spacial score (nSPS) is 12.0. The van der Waals surface area contributed by atoms with Crippen LogP contribution in [0.5, 0.6) is 0 Å². The molecule has 2 rings (SSSR count). The van der Waals surface area contributed by atoms with Crippen molar-refractivity contribution in [2.75, 3.05) is 0 Å². The average molecular weight is 312 g/mol.